The lowest BCUT2D eigenvalue weighted by atomic mass is 10.0. The Balaban J connectivity index is 1.98. The molecular weight excluding hydrogens is 366 g/mol. The summed E-state index contributed by atoms with van der Waals surface area (Å²) >= 11 is 1.27. The molecule has 0 bridgehead atoms. The van der Waals surface area contributed by atoms with E-state index < -0.39 is 5.91 Å². The number of hydrogen-bond acceptors (Lipinski definition) is 6. The molecule has 0 aromatic carbocycles. The summed E-state index contributed by atoms with van der Waals surface area (Å²) in [6, 6.07) is 3.65. The third-order valence-electron chi connectivity index (χ3n) is 3.96. The largest absolute Gasteiger partial charge is 0.461 e. The molecule has 0 saturated carbocycles. The van der Waals surface area contributed by atoms with E-state index in [4.69, 9.17) is 10.2 Å². The highest BCUT2D eigenvalue weighted by Crippen LogP contribution is 2.24. The van der Waals surface area contributed by atoms with Crippen LogP contribution in [0.25, 0.3) is 11.6 Å². The smallest absolute Gasteiger partial charge is 0.230 e. The van der Waals surface area contributed by atoms with Crippen LogP contribution in [-0.2, 0) is 16.1 Å². The minimum absolute atomic E-state index is 0.0553. The lowest BCUT2D eigenvalue weighted by Crippen LogP contribution is -2.34. The number of furan rings is 1. The van der Waals surface area contributed by atoms with Crippen LogP contribution in [0.4, 0.5) is 0 Å². The number of thioether (sulfide) groups is 1. The van der Waals surface area contributed by atoms with Gasteiger partial charge in [0, 0.05) is 19.0 Å². The normalized spacial score (nSPS) is 12.3. The molecule has 0 aliphatic carbocycles. The fourth-order valence-electron chi connectivity index (χ4n) is 2.51. The number of carbonyl (C=O) groups is 2. The Morgan fingerprint density at radius 3 is 2.70 bits per heavy atom. The van der Waals surface area contributed by atoms with Crippen molar-refractivity contribution in [3.8, 4) is 11.6 Å². The number of nitrogens with two attached hydrogens (primary N) is 1. The average Bonchev–Trinajstić information content (AvgIpc) is 3.25. The second-order valence-electron chi connectivity index (χ2n) is 6.88. The summed E-state index contributed by atoms with van der Waals surface area (Å²) in [5.74, 6) is 1.42. The Morgan fingerprint density at radius 2 is 2.07 bits per heavy atom. The summed E-state index contributed by atoms with van der Waals surface area (Å²) in [4.78, 5) is 23.4. The van der Waals surface area contributed by atoms with Gasteiger partial charge in [0.15, 0.2) is 16.7 Å². The SMILES string of the molecule is CC(C)CC[C@H](C)NC(=O)CSc1nnc(-c2ccco2)n1CCC(N)=O. The number of nitrogens with zero attached hydrogens (tertiary/aromatic N) is 3. The predicted octanol–water partition coefficient (Wildman–Crippen LogP) is 2.45. The molecule has 0 radical (unpaired) electrons. The number of aromatic nitrogens is 3. The Morgan fingerprint density at radius 1 is 1.30 bits per heavy atom. The molecule has 0 fully saturated rings. The molecule has 0 saturated heterocycles. The fraction of sp³-hybridized carbons (Fsp3) is 0.556. The molecule has 0 aliphatic heterocycles. The monoisotopic (exact) mass is 393 g/mol. The standard InChI is InChI=1S/C18H27N5O3S/c1-12(2)6-7-13(3)20-16(25)11-27-18-22-21-17(14-5-4-10-26-14)23(18)9-8-15(19)24/h4-5,10,12-13H,6-9,11H2,1-3H3,(H2,19,24)(H,20,25)/t13-/m0/s1. The predicted molar refractivity (Wildman–Crippen MR) is 104 cm³/mol. The number of hydrogen-bond donors (Lipinski definition) is 2. The topological polar surface area (TPSA) is 116 Å². The first-order chi connectivity index (χ1) is 12.9. The highest BCUT2D eigenvalue weighted by Gasteiger charge is 2.18. The average molecular weight is 394 g/mol. The van der Waals surface area contributed by atoms with E-state index >= 15 is 0 Å². The van der Waals surface area contributed by atoms with Crippen molar-refractivity contribution in [3.63, 3.8) is 0 Å². The third kappa shape index (κ3) is 6.74. The van der Waals surface area contributed by atoms with Crippen molar-refractivity contribution >= 4 is 23.6 Å². The van der Waals surface area contributed by atoms with E-state index in [9.17, 15) is 9.59 Å². The quantitative estimate of drug-likeness (QED) is 0.567. The van der Waals surface area contributed by atoms with Crippen LogP contribution in [0.5, 0.6) is 0 Å². The van der Waals surface area contributed by atoms with E-state index in [-0.39, 0.29) is 24.1 Å². The Bertz CT molecular complexity index is 742. The number of primary amides is 1. The second-order valence-corrected chi connectivity index (χ2v) is 7.82. The molecule has 27 heavy (non-hydrogen) atoms. The molecular formula is C18H27N5O3S. The van der Waals surface area contributed by atoms with Crippen LogP contribution < -0.4 is 11.1 Å². The minimum Gasteiger partial charge on any atom is -0.461 e. The molecule has 148 valence electrons. The van der Waals surface area contributed by atoms with Gasteiger partial charge in [-0.25, -0.2) is 0 Å². The van der Waals surface area contributed by atoms with Crippen LogP contribution in [0.1, 0.15) is 40.0 Å². The van der Waals surface area contributed by atoms with Gasteiger partial charge >= 0.3 is 0 Å². The van der Waals surface area contributed by atoms with Gasteiger partial charge in [0.25, 0.3) is 0 Å². The van der Waals surface area contributed by atoms with E-state index in [1.165, 1.54) is 11.8 Å². The van der Waals surface area contributed by atoms with Gasteiger partial charge in [0.1, 0.15) is 0 Å². The molecule has 3 N–H and O–H groups in total. The number of carbonyl (C=O) groups excluding carboxylic acids is 2. The molecule has 0 unspecified atom stereocenters. The first kappa shape index (κ1) is 21.0. The van der Waals surface area contributed by atoms with Gasteiger partial charge in [-0.2, -0.15) is 0 Å². The van der Waals surface area contributed by atoms with Gasteiger partial charge in [0.05, 0.1) is 12.0 Å². The maximum atomic E-state index is 12.2. The Labute approximate surface area is 163 Å². The van der Waals surface area contributed by atoms with Crippen LogP contribution in [-0.4, -0.2) is 38.4 Å². The van der Waals surface area contributed by atoms with E-state index in [0.29, 0.717) is 29.2 Å². The molecule has 8 nitrogen and oxygen atoms in total. The highest BCUT2D eigenvalue weighted by molar-refractivity contribution is 7.99. The number of rotatable bonds is 11. The maximum absolute atomic E-state index is 12.2. The Hall–Kier alpha value is -2.29. The number of amides is 2. The number of nitrogens with one attached hydrogen (secondary N) is 1. The van der Waals surface area contributed by atoms with E-state index in [1.807, 2.05) is 6.92 Å². The molecule has 1 atom stereocenters. The van der Waals surface area contributed by atoms with Gasteiger partial charge < -0.3 is 15.5 Å². The fourth-order valence-corrected chi connectivity index (χ4v) is 3.28. The van der Waals surface area contributed by atoms with Crippen molar-refractivity contribution in [1.82, 2.24) is 20.1 Å². The van der Waals surface area contributed by atoms with E-state index in [2.05, 4.69) is 29.4 Å². The van der Waals surface area contributed by atoms with E-state index in [1.54, 1.807) is 23.0 Å². The zero-order chi connectivity index (χ0) is 19.8. The first-order valence-electron chi connectivity index (χ1n) is 9.04. The van der Waals surface area contributed by atoms with Crippen molar-refractivity contribution in [1.29, 1.82) is 0 Å². The molecule has 2 aromatic heterocycles. The van der Waals surface area contributed by atoms with Gasteiger partial charge in [-0.1, -0.05) is 25.6 Å². The van der Waals surface area contributed by atoms with Crippen molar-refractivity contribution in [2.45, 2.75) is 57.8 Å². The molecule has 2 amide bonds. The molecule has 0 aliphatic rings. The van der Waals surface area contributed by atoms with Crippen molar-refractivity contribution < 1.29 is 14.0 Å². The van der Waals surface area contributed by atoms with Crippen LogP contribution in [0, 0.1) is 5.92 Å². The van der Waals surface area contributed by atoms with Crippen LogP contribution in [0.15, 0.2) is 28.0 Å². The van der Waals surface area contributed by atoms with Gasteiger partial charge in [0.2, 0.25) is 11.8 Å². The zero-order valence-corrected chi connectivity index (χ0v) is 16.8. The van der Waals surface area contributed by atoms with Gasteiger partial charge in [-0.3, -0.25) is 14.2 Å². The van der Waals surface area contributed by atoms with Gasteiger partial charge in [-0.15, -0.1) is 10.2 Å². The molecule has 2 rings (SSSR count). The van der Waals surface area contributed by atoms with Crippen LogP contribution in [0.3, 0.4) is 0 Å². The van der Waals surface area contributed by atoms with Crippen molar-refractivity contribution in [3.05, 3.63) is 18.4 Å². The van der Waals surface area contributed by atoms with Crippen LogP contribution in [0.2, 0.25) is 0 Å². The summed E-state index contributed by atoms with van der Waals surface area (Å²) in [6.45, 7) is 6.67. The highest BCUT2D eigenvalue weighted by atomic mass is 32.2. The lowest BCUT2D eigenvalue weighted by molar-refractivity contribution is -0.119. The zero-order valence-electron chi connectivity index (χ0n) is 16.0. The second kappa shape index (κ2) is 10.1. The van der Waals surface area contributed by atoms with Crippen molar-refractivity contribution in [2.75, 3.05) is 5.75 Å². The third-order valence-corrected chi connectivity index (χ3v) is 4.92. The summed E-state index contributed by atoms with van der Waals surface area (Å²) < 4.78 is 7.13. The summed E-state index contributed by atoms with van der Waals surface area (Å²) in [5.41, 5.74) is 5.27. The molecule has 0 spiro atoms. The summed E-state index contributed by atoms with van der Waals surface area (Å²) in [5, 5.41) is 11.8. The molecule has 2 aromatic rings. The van der Waals surface area contributed by atoms with Crippen molar-refractivity contribution in [2.24, 2.45) is 11.7 Å². The molecule has 9 heteroatoms. The summed E-state index contributed by atoms with van der Waals surface area (Å²) in [6.07, 6.45) is 3.72. The lowest BCUT2D eigenvalue weighted by Gasteiger charge is -2.15. The van der Waals surface area contributed by atoms with Gasteiger partial charge in [-0.05, 0) is 37.8 Å². The minimum atomic E-state index is -0.415. The maximum Gasteiger partial charge on any atom is 0.230 e. The summed E-state index contributed by atoms with van der Waals surface area (Å²) in [7, 11) is 0. The first-order valence-corrected chi connectivity index (χ1v) is 10.0. The van der Waals surface area contributed by atoms with E-state index in [0.717, 1.165) is 12.8 Å². The van der Waals surface area contributed by atoms with Crippen LogP contribution >= 0.6 is 11.8 Å². The molecule has 2 heterocycles. The Kier molecular flexibility index (Phi) is 7.90.